The van der Waals surface area contributed by atoms with Crippen LogP contribution >= 0.6 is 0 Å². The third-order valence-electron chi connectivity index (χ3n) is 4.29. The summed E-state index contributed by atoms with van der Waals surface area (Å²) in [4.78, 5) is 12.2. The Labute approximate surface area is 169 Å². The summed E-state index contributed by atoms with van der Waals surface area (Å²) in [5.41, 5.74) is 1.85. The van der Waals surface area contributed by atoms with Crippen LogP contribution in [0, 0.1) is 5.82 Å². The molecule has 3 aromatic carbocycles. The summed E-state index contributed by atoms with van der Waals surface area (Å²) in [7, 11) is -3.82. The molecule has 0 aliphatic carbocycles. The van der Waals surface area contributed by atoms with Gasteiger partial charge < -0.3 is 5.32 Å². The Bertz CT molecular complexity index is 1050. The third kappa shape index (κ3) is 5.89. The van der Waals surface area contributed by atoms with E-state index < -0.39 is 15.8 Å². The molecule has 7 heteroatoms. The fraction of sp³-hybridized carbons (Fsp3) is 0.136. The lowest BCUT2D eigenvalue weighted by Crippen LogP contribution is -2.24. The van der Waals surface area contributed by atoms with Crippen LogP contribution in [-0.2, 0) is 16.4 Å². The van der Waals surface area contributed by atoms with E-state index in [1.54, 1.807) is 0 Å². The lowest BCUT2D eigenvalue weighted by atomic mass is 10.1. The minimum Gasteiger partial charge on any atom is -0.352 e. The van der Waals surface area contributed by atoms with Crippen LogP contribution in [-0.4, -0.2) is 20.9 Å². The second-order valence-electron chi connectivity index (χ2n) is 6.48. The molecule has 0 aromatic heterocycles. The van der Waals surface area contributed by atoms with Crippen LogP contribution in [0.2, 0.25) is 0 Å². The van der Waals surface area contributed by atoms with Gasteiger partial charge in [-0.15, -0.1) is 0 Å². The van der Waals surface area contributed by atoms with Crippen molar-refractivity contribution in [2.45, 2.75) is 17.7 Å². The number of rotatable bonds is 8. The van der Waals surface area contributed by atoms with Gasteiger partial charge in [-0.05, 0) is 66.9 Å². The highest BCUT2D eigenvalue weighted by molar-refractivity contribution is 7.92. The maximum Gasteiger partial charge on any atom is 0.261 e. The first-order chi connectivity index (χ1) is 13.9. The number of nitrogens with one attached hydrogen (secondary N) is 2. The van der Waals surface area contributed by atoms with Crippen LogP contribution in [0.5, 0.6) is 0 Å². The molecule has 0 radical (unpaired) electrons. The molecule has 0 aliphatic rings. The number of hydrogen-bond donors (Lipinski definition) is 2. The zero-order valence-electron chi connectivity index (χ0n) is 15.6. The summed E-state index contributed by atoms with van der Waals surface area (Å²) in [6.07, 6.45) is 1.68. The molecule has 1 amide bonds. The Kier molecular flexibility index (Phi) is 6.61. The van der Waals surface area contributed by atoms with E-state index in [1.807, 2.05) is 30.3 Å². The Morgan fingerprint density at radius 3 is 2.17 bits per heavy atom. The lowest BCUT2D eigenvalue weighted by molar-refractivity contribution is 0.0953. The van der Waals surface area contributed by atoms with Gasteiger partial charge in [-0.2, -0.15) is 0 Å². The number of halogens is 1. The molecule has 0 atom stereocenters. The Hall–Kier alpha value is -3.19. The third-order valence-corrected chi connectivity index (χ3v) is 5.69. The van der Waals surface area contributed by atoms with Crippen molar-refractivity contribution >= 4 is 21.6 Å². The normalized spacial score (nSPS) is 11.1. The summed E-state index contributed by atoms with van der Waals surface area (Å²) < 4.78 is 40.1. The first-order valence-electron chi connectivity index (χ1n) is 9.15. The summed E-state index contributed by atoms with van der Waals surface area (Å²) >= 11 is 0. The Morgan fingerprint density at radius 1 is 0.862 bits per heavy atom. The highest BCUT2D eigenvalue weighted by Crippen LogP contribution is 2.17. The molecule has 0 bridgehead atoms. The fourth-order valence-electron chi connectivity index (χ4n) is 2.76. The molecule has 0 aliphatic heterocycles. The lowest BCUT2D eigenvalue weighted by Gasteiger charge is -2.09. The predicted octanol–water partition coefficient (Wildman–Crippen LogP) is 3.99. The molecular formula is C22H21FN2O3S. The Morgan fingerprint density at radius 2 is 1.52 bits per heavy atom. The number of sulfonamides is 1. The zero-order valence-corrected chi connectivity index (χ0v) is 16.5. The first kappa shape index (κ1) is 20.5. The molecule has 29 heavy (non-hydrogen) atoms. The number of carbonyl (C=O) groups is 1. The van der Waals surface area contributed by atoms with Gasteiger partial charge in [0, 0.05) is 17.8 Å². The van der Waals surface area contributed by atoms with E-state index in [1.165, 1.54) is 54.1 Å². The second kappa shape index (κ2) is 9.34. The van der Waals surface area contributed by atoms with Crippen LogP contribution in [0.15, 0.2) is 83.8 Å². The Balaban J connectivity index is 1.54. The number of benzene rings is 3. The van der Waals surface area contributed by atoms with E-state index in [0.717, 1.165) is 12.8 Å². The van der Waals surface area contributed by atoms with Crippen LogP contribution in [0.1, 0.15) is 22.3 Å². The van der Waals surface area contributed by atoms with Crippen molar-refractivity contribution < 1.29 is 17.6 Å². The van der Waals surface area contributed by atoms with E-state index in [9.17, 15) is 17.6 Å². The van der Waals surface area contributed by atoms with Gasteiger partial charge in [0.1, 0.15) is 5.82 Å². The topological polar surface area (TPSA) is 75.3 Å². The van der Waals surface area contributed by atoms with E-state index in [2.05, 4.69) is 10.0 Å². The molecule has 5 nitrogen and oxygen atoms in total. The number of carbonyl (C=O) groups excluding carboxylic acids is 1. The molecule has 3 rings (SSSR count). The molecular weight excluding hydrogens is 391 g/mol. The average molecular weight is 412 g/mol. The molecule has 3 aromatic rings. The molecule has 0 saturated carbocycles. The van der Waals surface area contributed by atoms with Gasteiger partial charge in [0.15, 0.2) is 0 Å². The molecule has 150 valence electrons. The van der Waals surface area contributed by atoms with Crippen molar-refractivity contribution in [1.29, 1.82) is 0 Å². The predicted molar refractivity (Wildman–Crippen MR) is 111 cm³/mol. The van der Waals surface area contributed by atoms with E-state index >= 15 is 0 Å². The van der Waals surface area contributed by atoms with Crippen molar-refractivity contribution in [3.8, 4) is 0 Å². The maximum atomic E-state index is 12.9. The van der Waals surface area contributed by atoms with Crippen LogP contribution in [0.4, 0.5) is 10.1 Å². The SMILES string of the molecule is O=C(NCCCc1ccccc1)c1ccc(S(=O)(=O)Nc2ccc(F)cc2)cc1. The van der Waals surface area contributed by atoms with Crippen LogP contribution in [0.3, 0.4) is 0 Å². The van der Waals surface area contributed by atoms with E-state index in [4.69, 9.17) is 0 Å². The van der Waals surface area contributed by atoms with Crippen molar-refractivity contribution in [2.75, 3.05) is 11.3 Å². The molecule has 0 unspecified atom stereocenters. The minimum absolute atomic E-state index is 0.0162. The number of anilines is 1. The van der Waals surface area contributed by atoms with Gasteiger partial charge in [0.2, 0.25) is 0 Å². The standard InChI is InChI=1S/C22H21FN2O3S/c23-19-10-12-20(13-11-19)25-29(27,28)21-14-8-18(9-15-21)22(26)24-16-4-7-17-5-2-1-3-6-17/h1-3,5-6,8-15,25H,4,7,16H2,(H,24,26). The minimum atomic E-state index is -3.82. The van der Waals surface area contributed by atoms with Gasteiger partial charge in [0.25, 0.3) is 15.9 Å². The van der Waals surface area contributed by atoms with E-state index in [0.29, 0.717) is 12.1 Å². The molecule has 2 N–H and O–H groups in total. The highest BCUT2D eigenvalue weighted by atomic mass is 32.2. The average Bonchev–Trinajstić information content (AvgIpc) is 2.73. The quantitative estimate of drug-likeness (QED) is 0.550. The van der Waals surface area contributed by atoms with Gasteiger partial charge >= 0.3 is 0 Å². The van der Waals surface area contributed by atoms with E-state index in [-0.39, 0.29) is 16.5 Å². The highest BCUT2D eigenvalue weighted by Gasteiger charge is 2.15. The maximum absolute atomic E-state index is 12.9. The number of aryl methyl sites for hydroxylation is 1. The van der Waals surface area contributed by atoms with Gasteiger partial charge in [-0.3, -0.25) is 9.52 Å². The van der Waals surface area contributed by atoms with Crippen molar-refractivity contribution in [3.05, 3.63) is 95.8 Å². The summed E-state index contributed by atoms with van der Waals surface area (Å²) in [6, 6.07) is 20.7. The summed E-state index contributed by atoms with van der Waals surface area (Å²) in [5.74, 6) is -0.708. The molecule has 0 spiro atoms. The van der Waals surface area contributed by atoms with Gasteiger partial charge in [-0.25, -0.2) is 12.8 Å². The molecule has 0 heterocycles. The van der Waals surface area contributed by atoms with Crippen LogP contribution in [0.25, 0.3) is 0 Å². The summed E-state index contributed by atoms with van der Waals surface area (Å²) in [6.45, 7) is 0.528. The zero-order chi connectivity index (χ0) is 20.7. The summed E-state index contributed by atoms with van der Waals surface area (Å²) in [5, 5.41) is 2.83. The second-order valence-corrected chi connectivity index (χ2v) is 8.16. The first-order valence-corrected chi connectivity index (χ1v) is 10.6. The van der Waals surface area contributed by atoms with Gasteiger partial charge in [0.05, 0.1) is 4.90 Å². The van der Waals surface area contributed by atoms with Crippen molar-refractivity contribution in [2.24, 2.45) is 0 Å². The smallest absolute Gasteiger partial charge is 0.261 e. The molecule has 0 fully saturated rings. The number of amides is 1. The monoisotopic (exact) mass is 412 g/mol. The molecule has 0 saturated heterocycles. The fourth-order valence-corrected chi connectivity index (χ4v) is 3.82. The number of hydrogen-bond acceptors (Lipinski definition) is 3. The van der Waals surface area contributed by atoms with Crippen molar-refractivity contribution in [1.82, 2.24) is 5.32 Å². The van der Waals surface area contributed by atoms with Gasteiger partial charge in [-0.1, -0.05) is 30.3 Å². The van der Waals surface area contributed by atoms with Crippen LogP contribution < -0.4 is 10.0 Å². The largest absolute Gasteiger partial charge is 0.352 e. The van der Waals surface area contributed by atoms with Crippen molar-refractivity contribution in [3.63, 3.8) is 0 Å².